The molecule has 3 aromatic rings. The van der Waals surface area contributed by atoms with Crippen molar-refractivity contribution >= 4 is 45.1 Å². The Morgan fingerprint density at radius 1 is 1.00 bits per heavy atom. The lowest BCUT2D eigenvalue weighted by molar-refractivity contribution is -2.00. The van der Waals surface area contributed by atoms with Crippen LogP contribution in [0.4, 0.5) is 5.69 Å². The number of halogens is 1. The molecule has 0 amide bonds. The van der Waals surface area contributed by atoms with Gasteiger partial charge >= 0.3 is 0 Å². The van der Waals surface area contributed by atoms with Gasteiger partial charge in [-0.2, -0.15) is 4.57 Å². The zero-order valence-electron chi connectivity index (χ0n) is 20.3. The van der Waals surface area contributed by atoms with Crippen molar-refractivity contribution in [1.82, 2.24) is 0 Å². The zero-order valence-corrected chi connectivity index (χ0v) is 22.7. The number of fused-ring (bicyclic) bond motifs is 2. The first-order chi connectivity index (χ1) is 17.1. The lowest BCUT2D eigenvalue weighted by Crippen LogP contribution is -2.68. The smallest absolute Gasteiger partial charge is 0.263 e. The maximum Gasteiger partial charge on any atom is 0.263 e. The van der Waals surface area contributed by atoms with Crippen molar-refractivity contribution < 1.29 is 43.7 Å². The Hall–Kier alpha value is -1.99. The van der Waals surface area contributed by atoms with Gasteiger partial charge in [0.1, 0.15) is 11.2 Å². The molecule has 0 aliphatic carbocycles. The largest absolute Gasteiger partial charge is 0.392 e. The molecular formula is C25H29ClN2O6S2. The fourth-order valence-electron chi connectivity index (χ4n) is 3.92. The van der Waals surface area contributed by atoms with Crippen LogP contribution in [0.3, 0.4) is 0 Å². The average molecular weight is 553 g/mol. The molecule has 0 spiro atoms. The molecule has 1 aromatic heterocycles. The summed E-state index contributed by atoms with van der Waals surface area (Å²) in [5.74, 6) is 0. The number of nitrogens with zero attached hydrogens (tertiary/aromatic N) is 2. The number of anilines is 1. The summed E-state index contributed by atoms with van der Waals surface area (Å²) in [5, 5.41) is 21.5. The summed E-state index contributed by atoms with van der Waals surface area (Å²) in [6.45, 7) is 8.44. The van der Waals surface area contributed by atoms with E-state index in [1.165, 1.54) is 36.4 Å². The average Bonchev–Trinajstić information content (AvgIpc) is 3.37. The van der Waals surface area contributed by atoms with E-state index < -0.39 is 10.2 Å². The SMILES string of the molecule is CCC(=C/c1sc2ccc(CO)cc2[n+]1CC)/C=C1\Sc2ccc(CO)cc2N1CC.[O-][Cl+3]([O-])([O-])[O-]. The second kappa shape index (κ2) is 12.5. The van der Waals surface area contributed by atoms with E-state index >= 15 is 0 Å². The van der Waals surface area contributed by atoms with E-state index in [0.717, 1.165) is 30.6 Å². The van der Waals surface area contributed by atoms with Crippen molar-refractivity contribution in [2.24, 2.45) is 0 Å². The predicted octanol–water partition coefficient (Wildman–Crippen LogP) is 0.704. The molecule has 2 N–H and O–H groups in total. The molecule has 0 saturated heterocycles. The Morgan fingerprint density at radius 2 is 1.64 bits per heavy atom. The van der Waals surface area contributed by atoms with Crippen molar-refractivity contribution in [2.75, 3.05) is 11.4 Å². The fourth-order valence-corrected chi connectivity index (χ4v) is 6.29. The van der Waals surface area contributed by atoms with Gasteiger partial charge in [-0.1, -0.05) is 42.2 Å². The molecule has 11 heteroatoms. The summed E-state index contributed by atoms with van der Waals surface area (Å²) in [7, 11) is -4.94. The number of benzene rings is 2. The number of aliphatic hydroxyl groups excluding tert-OH is 2. The predicted molar refractivity (Wildman–Crippen MR) is 131 cm³/mol. The normalized spacial score (nSPS) is 14.9. The summed E-state index contributed by atoms with van der Waals surface area (Å²) in [5.41, 5.74) is 5.54. The molecular weight excluding hydrogens is 524 g/mol. The lowest BCUT2D eigenvalue weighted by atomic mass is 10.1. The van der Waals surface area contributed by atoms with Crippen LogP contribution in [0.1, 0.15) is 43.3 Å². The molecule has 0 unspecified atom stereocenters. The van der Waals surface area contributed by atoms with Gasteiger partial charge in [0.05, 0.1) is 23.9 Å². The first-order valence-electron chi connectivity index (χ1n) is 11.4. The van der Waals surface area contributed by atoms with Crippen LogP contribution in [0.15, 0.2) is 58.0 Å². The van der Waals surface area contributed by atoms with Crippen LogP contribution in [0.2, 0.25) is 0 Å². The number of aliphatic hydroxyl groups is 2. The highest BCUT2D eigenvalue weighted by atomic mass is 35.7. The molecule has 2 heterocycles. The van der Waals surface area contributed by atoms with Crippen LogP contribution in [-0.4, -0.2) is 16.8 Å². The standard InChI is InChI=1S/C25H29N2O2S2.ClHO4/c1-4-17(13-24-26(5-2)20-11-18(15-28)7-9-22(20)30-24)14-25-27(6-3)21-12-19(16-29)8-10-23(21)31-25;2-1(3,4)5/h7-14,28-29H,4-6,15-16H2,1-3H3;(H,2,3,4,5)/q+1;/p-1. The highest BCUT2D eigenvalue weighted by Gasteiger charge is 2.25. The van der Waals surface area contributed by atoms with Crippen LogP contribution in [0.25, 0.3) is 16.3 Å². The minimum atomic E-state index is -4.94. The molecule has 0 radical (unpaired) electrons. The zero-order chi connectivity index (χ0) is 26.5. The van der Waals surface area contributed by atoms with Gasteiger partial charge in [-0.25, -0.2) is 18.6 Å². The third-order valence-electron chi connectivity index (χ3n) is 5.61. The molecule has 2 aromatic carbocycles. The van der Waals surface area contributed by atoms with Gasteiger partial charge in [0.2, 0.25) is 5.52 Å². The Kier molecular flexibility index (Phi) is 9.93. The summed E-state index contributed by atoms with van der Waals surface area (Å²) < 4.78 is 37.5. The van der Waals surface area contributed by atoms with Gasteiger partial charge < -0.3 is 15.1 Å². The van der Waals surface area contributed by atoms with Crippen molar-refractivity contribution in [3.05, 3.63) is 69.2 Å². The quantitative estimate of drug-likeness (QED) is 0.408. The third kappa shape index (κ3) is 7.06. The minimum absolute atomic E-state index is 0.0651. The van der Waals surface area contributed by atoms with E-state index in [1.807, 2.05) is 12.1 Å². The number of hydrogen-bond acceptors (Lipinski definition) is 9. The Morgan fingerprint density at radius 3 is 2.22 bits per heavy atom. The topological polar surface area (TPSA) is 140 Å². The number of thioether (sulfide) groups is 1. The van der Waals surface area contributed by atoms with Gasteiger partial charge in [-0.3, -0.25) is 0 Å². The maximum absolute atomic E-state index is 9.52. The van der Waals surface area contributed by atoms with Crippen LogP contribution in [0, 0.1) is 10.2 Å². The van der Waals surface area contributed by atoms with Crippen LogP contribution >= 0.6 is 23.1 Å². The summed E-state index contributed by atoms with van der Waals surface area (Å²) in [6.07, 6.45) is 5.55. The Labute approximate surface area is 220 Å². The van der Waals surface area contributed by atoms with E-state index in [0.29, 0.717) is 0 Å². The molecule has 0 fully saturated rings. The van der Waals surface area contributed by atoms with Crippen LogP contribution in [-0.2, 0) is 19.8 Å². The molecule has 1 aliphatic heterocycles. The van der Waals surface area contributed by atoms with Gasteiger partial charge in [-0.05, 0) is 61.2 Å². The molecule has 36 heavy (non-hydrogen) atoms. The van der Waals surface area contributed by atoms with Crippen molar-refractivity contribution in [3.8, 4) is 0 Å². The highest BCUT2D eigenvalue weighted by molar-refractivity contribution is 8.03. The molecule has 0 saturated carbocycles. The molecule has 1 aliphatic rings. The van der Waals surface area contributed by atoms with Crippen molar-refractivity contribution in [3.63, 3.8) is 0 Å². The van der Waals surface area contributed by atoms with Gasteiger partial charge in [0.25, 0.3) is 5.01 Å². The van der Waals surface area contributed by atoms with Crippen LogP contribution in [0.5, 0.6) is 0 Å². The Bertz CT molecular complexity index is 1260. The van der Waals surface area contributed by atoms with Gasteiger partial charge in [0.15, 0.2) is 0 Å². The number of aromatic nitrogens is 1. The van der Waals surface area contributed by atoms with Gasteiger partial charge in [-0.15, -0.1) is 10.2 Å². The van der Waals surface area contributed by atoms with Crippen LogP contribution < -0.4 is 28.1 Å². The van der Waals surface area contributed by atoms with E-state index in [9.17, 15) is 10.2 Å². The molecule has 0 atom stereocenters. The van der Waals surface area contributed by atoms with Crippen molar-refractivity contribution in [1.29, 1.82) is 0 Å². The number of rotatable bonds is 7. The monoisotopic (exact) mass is 552 g/mol. The van der Waals surface area contributed by atoms with E-state index in [1.54, 1.807) is 23.1 Å². The number of thiazole rings is 1. The minimum Gasteiger partial charge on any atom is -0.392 e. The Balaban J connectivity index is 0.000000658. The first kappa shape index (κ1) is 28.6. The number of allylic oxidation sites excluding steroid dienone is 2. The summed E-state index contributed by atoms with van der Waals surface area (Å²) in [6, 6.07) is 12.4. The second-order valence-corrected chi connectivity index (χ2v) is 10.8. The molecule has 0 bridgehead atoms. The van der Waals surface area contributed by atoms with E-state index in [2.05, 4.69) is 66.7 Å². The number of hydrogen-bond donors (Lipinski definition) is 2. The third-order valence-corrected chi connectivity index (χ3v) is 7.84. The number of aryl methyl sites for hydroxylation is 1. The lowest BCUT2D eigenvalue weighted by Gasteiger charge is -2.18. The maximum atomic E-state index is 9.52. The fraction of sp³-hybridized carbons (Fsp3) is 0.320. The van der Waals surface area contributed by atoms with Crippen molar-refractivity contribution in [2.45, 2.75) is 51.8 Å². The molecule has 194 valence electrons. The molecule has 8 nitrogen and oxygen atoms in total. The van der Waals surface area contributed by atoms with E-state index in [-0.39, 0.29) is 13.2 Å². The van der Waals surface area contributed by atoms with Gasteiger partial charge in [0, 0.05) is 23.6 Å². The first-order valence-corrected chi connectivity index (χ1v) is 14.3. The van der Waals surface area contributed by atoms with E-state index in [4.69, 9.17) is 18.6 Å². The summed E-state index contributed by atoms with van der Waals surface area (Å²) in [4.78, 5) is 3.57. The highest BCUT2D eigenvalue weighted by Crippen LogP contribution is 2.46. The molecule has 4 rings (SSSR count). The second-order valence-electron chi connectivity index (χ2n) is 7.88. The summed E-state index contributed by atoms with van der Waals surface area (Å²) >= 11 is 3.59.